The fourth-order valence-electron chi connectivity index (χ4n) is 1.95. The minimum atomic E-state index is -0.312. The number of carbonyl (C=O) groups excluding carboxylic acids is 2. The van der Waals surface area contributed by atoms with Crippen molar-refractivity contribution < 1.29 is 14.3 Å². The Morgan fingerprint density at radius 1 is 1.24 bits per heavy atom. The van der Waals surface area contributed by atoms with Crippen LogP contribution in [0.25, 0.3) is 0 Å². The van der Waals surface area contributed by atoms with Crippen LogP contribution in [0.5, 0.6) is 5.75 Å². The maximum Gasteiger partial charge on any atom is 0.258 e. The number of ether oxygens (including phenoxy) is 1. The zero-order valence-corrected chi connectivity index (χ0v) is 12.4. The van der Waals surface area contributed by atoms with Crippen molar-refractivity contribution in [2.24, 2.45) is 0 Å². The molecule has 0 bridgehead atoms. The molecule has 21 heavy (non-hydrogen) atoms. The summed E-state index contributed by atoms with van der Waals surface area (Å²) in [6.07, 6.45) is 0.927. The van der Waals surface area contributed by atoms with Crippen LogP contribution in [0.1, 0.15) is 6.42 Å². The molecule has 7 heteroatoms. The molecule has 2 amide bonds. The molecule has 1 fully saturated rings. The number of hydrogen-bond donors (Lipinski definition) is 3. The molecule has 1 aliphatic rings. The maximum absolute atomic E-state index is 11.6. The van der Waals surface area contributed by atoms with Gasteiger partial charge in [0.25, 0.3) is 5.91 Å². The van der Waals surface area contributed by atoms with Gasteiger partial charge < -0.3 is 20.7 Å². The molecule has 1 aromatic carbocycles. The standard InChI is InChI=1S/C14H19N3O3.ClH/c18-13(17-11-6-7-15-8-11)9-16-14(19)10-20-12-4-2-1-3-5-12;/h1-5,11,15H,6-10H2,(H,16,19)(H,17,18);1H. The normalized spacial score (nSPS) is 16.7. The number of benzene rings is 1. The van der Waals surface area contributed by atoms with Gasteiger partial charge in [0.05, 0.1) is 6.54 Å². The number of hydrogen-bond acceptors (Lipinski definition) is 4. The Bertz CT molecular complexity index is 450. The molecule has 0 spiro atoms. The van der Waals surface area contributed by atoms with E-state index in [1.807, 2.05) is 18.2 Å². The van der Waals surface area contributed by atoms with Crippen LogP contribution < -0.4 is 20.7 Å². The summed E-state index contributed by atoms with van der Waals surface area (Å²) in [4.78, 5) is 23.1. The minimum Gasteiger partial charge on any atom is -0.484 e. The summed E-state index contributed by atoms with van der Waals surface area (Å²) >= 11 is 0. The van der Waals surface area contributed by atoms with Gasteiger partial charge in [-0.25, -0.2) is 0 Å². The third-order valence-corrected chi connectivity index (χ3v) is 2.98. The highest BCUT2D eigenvalue weighted by Crippen LogP contribution is 2.07. The third-order valence-electron chi connectivity index (χ3n) is 2.98. The first-order chi connectivity index (χ1) is 9.74. The predicted octanol–water partition coefficient (Wildman–Crippen LogP) is 0.0815. The van der Waals surface area contributed by atoms with E-state index in [4.69, 9.17) is 4.74 Å². The summed E-state index contributed by atoms with van der Waals surface area (Å²) in [6, 6.07) is 9.24. The summed E-state index contributed by atoms with van der Waals surface area (Å²) in [5.41, 5.74) is 0. The van der Waals surface area contributed by atoms with Gasteiger partial charge in [0, 0.05) is 12.6 Å². The van der Waals surface area contributed by atoms with Gasteiger partial charge in [-0.15, -0.1) is 12.4 Å². The topological polar surface area (TPSA) is 79.5 Å². The molecule has 1 heterocycles. The summed E-state index contributed by atoms with van der Waals surface area (Å²) in [5.74, 6) is 0.143. The minimum absolute atomic E-state index is 0. The van der Waals surface area contributed by atoms with Gasteiger partial charge in [0.15, 0.2) is 6.61 Å². The summed E-state index contributed by atoms with van der Waals surface area (Å²) in [5, 5.41) is 8.54. The van der Waals surface area contributed by atoms with E-state index in [-0.39, 0.29) is 43.4 Å². The summed E-state index contributed by atoms with van der Waals surface area (Å²) in [6.45, 7) is 1.59. The van der Waals surface area contributed by atoms with Gasteiger partial charge in [-0.2, -0.15) is 0 Å². The molecule has 3 N–H and O–H groups in total. The predicted molar refractivity (Wildman–Crippen MR) is 81.6 cm³/mol. The van der Waals surface area contributed by atoms with Crippen molar-refractivity contribution in [2.45, 2.75) is 12.5 Å². The zero-order chi connectivity index (χ0) is 14.2. The molecule has 0 aromatic heterocycles. The van der Waals surface area contributed by atoms with E-state index in [9.17, 15) is 9.59 Å². The molecular formula is C14H20ClN3O3. The second kappa shape index (κ2) is 9.20. The van der Waals surface area contributed by atoms with Gasteiger partial charge in [0.1, 0.15) is 5.75 Å². The van der Waals surface area contributed by atoms with E-state index in [1.165, 1.54) is 0 Å². The largest absolute Gasteiger partial charge is 0.484 e. The fourth-order valence-corrected chi connectivity index (χ4v) is 1.95. The molecular weight excluding hydrogens is 294 g/mol. The van der Waals surface area contributed by atoms with Gasteiger partial charge >= 0.3 is 0 Å². The maximum atomic E-state index is 11.6. The lowest BCUT2D eigenvalue weighted by atomic mass is 10.2. The molecule has 0 aliphatic carbocycles. The Kier molecular flexibility index (Phi) is 7.56. The monoisotopic (exact) mass is 313 g/mol. The van der Waals surface area contributed by atoms with Crippen LogP contribution in [-0.4, -0.2) is 44.1 Å². The van der Waals surface area contributed by atoms with Crippen molar-refractivity contribution in [2.75, 3.05) is 26.2 Å². The number of para-hydroxylation sites is 1. The van der Waals surface area contributed by atoms with Gasteiger partial charge in [-0.05, 0) is 25.1 Å². The number of amides is 2. The molecule has 1 unspecified atom stereocenters. The number of nitrogens with one attached hydrogen (secondary N) is 3. The molecule has 2 rings (SSSR count). The van der Waals surface area contributed by atoms with Gasteiger partial charge in [0.2, 0.25) is 5.91 Å². The number of rotatable bonds is 6. The molecule has 0 saturated carbocycles. The average molecular weight is 314 g/mol. The molecule has 1 aromatic rings. The van der Waals surface area contributed by atoms with Crippen LogP contribution in [0.15, 0.2) is 30.3 Å². The highest BCUT2D eigenvalue weighted by atomic mass is 35.5. The number of halogens is 1. The Morgan fingerprint density at radius 2 is 2.00 bits per heavy atom. The molecule has 6 nitrogen and oxygen atoms in total. The molecule has 1 aliphatic heterocycles. The SMILES string of the molecule is Cl.O=C(COc1ccccc1)NCC(=O)NC1CCNC1. The van der Waals surface area contributed by atoms with E-state index in [0.717, 1.165) is 19.5 Å². The van der Waals surface area contributed by atoms with Crippen LogP contribution in [0.2, 0.25) is 0 Å². The van der Waals surface area contributed by atoms with Crippen molar-refractivity contribution in [3.05, 3.63) is 30.3 Å². The van der Waals surface area contributed by atoms with Crippen LogP contribution in [0.4, 0.5) is 0 Å². The first-order valence-electron chi connectivity index (χ1n) is 6.68. The highest BCUT2D eigenvalue weighted by molar-refractivity contribution is 5.85. The zero-order valence-electron chi connectivity index (χ0n) is 11.6. The van der Waals surface area contributed by atoms with Crippen molar-refractivity contribution in [3.63, 3.8) is 0 Å². The van der Waals surface area contributed by atoms with Crippen molar-refractivity contribution >= 4 is 24.2 Å². The van der Waals surface area contributed by atoms with E-state index < -0.39 is 0 Å². The lowest BCUT2D eigenvalue weighted by Crippen LogP contribution is -2.43. The lowest BCUT2D eigenvalue weighted by Gasteiger charge is -2.12. The quantitative estimate of drug-likeness (QED) is 0.695. The van der Waals surface area contributed by atoms with Crippen molar-refractivity contribution in [3.8, 4) is 5.75 Å². The van der Waals surface area contributed by atoms with Gasteiger partial charge in [-0.1, -0.05) is 18.2 Å². The first-order valence-corrected chi connectivity index (χ1v) is 6.68. The van der Waals surface area contributed by atoms with Crippen molar-refractivity contribution in [1.29, 1.82) is 0 Å². The molecule has 1 atom stereocenters. The Hall–Kier alpha value is -1.79. The third kappa shape index (κ3) is 6.46. The second-order valence-electron chi connectivity index (χ2n) is 4.64. The van der Waals surface area contributed by atoms with Crippen molar-refractivity contribution in [1.82, 2.24) is 16.0 Å². The Balaban J connectivity index is 0.00000220. The van der Waals surface area contributed by atoms with Crippen LogP contribution in [-0.2, 0) is 9.59 Å². The summed E-state index contributed by atoms with van der Waals surface area (Å²) < 4.78 is 5.28. The molecule has 1 saturated heterocycles. The van der Waals surface area contributed by atoms with E-state index in [2.05, 4.69) is 16.0 Å². The van der Waals surface area contributed by atoms with Crippen LogP contribution in [0, 0.1) is 0 Å². The molecule has 0 radical (unpaired) electrons. The van der Waals surface area contributed by atoms with Crippen LogP contribution in [0.3, 0.4) is 0 Å². The molecule has 116 valence electrons. The van der Waals surface area contributed by atoms with E-state index >= 15 is 0 Å². The lowest BCUT2D eigenvalue weighted by molar-refractivity contribution is -0.127. The Labute approximate surface area is 130 Å². The van der Waals surface area contributed by atoms with E-state index in [1.54, 1.807) is 12.1 Å². The van der Waals surface area contributed by atoms with Crippen LogP contribution >= 0.6 is 12.4 Å². The Morgan fingerprint density at radius 3 is 2.67 bits per heavy atom. The average Bonchev–Trinajstić information content (AvgIpc) is 2.97. The second-order valence-corrected chi connectivity index (χ2v) is 4.64. The van der Waals surface area contributed by atoms with E-state index in [0.29, 0.717) is 5.75 Å². The fraction of sp³-hybridized carbons (Fsp3) is 0.429. The van der Waals surface area contributed by atoms with Gasteiger partial charge in [-0.3, -0.25) is 9.59 Å². The number of carbonyl (C=O) groups is 2. The smallest absolute Gasteiger partial charge is 0.258 e. The first kappa shape index (κ1) is 17.3. The highest BCUT2D eigenvalue weighted by Gasteiger charge is 2.16. The summed E-state index contributed by atoms with van der Waals surface area (Å²) in [7, 11) is 0.